The number of benzene rings is 2. The van der Waals surface area contributed by atoms with Gasteiger partial charge < -0.3 is 27.3 Å². The Labute approximate surface area is 257 Å². The predicted octanol–water partition coefficient (Wildman–Crippen LogP) is 4.03. The van der Waals surface area contributed by atoms with E-state index in [-0.39, 0.29) is 17.9 Å². The van der Waals surface area contributed by atoms with Crippen LogP contribution >= 0.6 is 0 Å². The molecule has 7 N–H and O–H groups in total. The molecule has 0 radical (unpaired) electrons. The number of ether oxygens (including phenoxy) is 1. The Bertz CT molecular complexity index is 1680. The summed E-state index contributed by atoms with van der Waals surface area (Å²) in [4.78, 5) is 24.9. The number of carbonyl (C=O) groups is 2. The van der Waals surface area contributed by atoms with E-state index in [0.29, 0.717) is 84.0 Å². The minimum absolute atomic E-state index is 0.00960. The number of nitrogens with one attached hydrogen (secondary N) is 1. The molecule has 1 amide bonds. The van der Waals surface area contributed by atoms with E-state index in [2.05, 4.69) is 5.32 Å². The second kappa shape index (κ2) is 12.5. The molecule has 0 saturated heterocycles. The molecule has 1 aliphatic heterocycles. The number of halogens is 1. The van der Waals surface area contributed by atoms with Crippen LogP contribution in [0, 0.1) is 11.2 Å². The molecule has 0 bridgehead atoms. The molecule has 1 fully saturated rings. The number of primary amides is 1. The van der Waals surface area contributed by atoms with E-state index in [1.54, 1.807) is 18.2 Å². The zero-order valence-corrected chi connectivity index (χ0v) is 26.1. The molecule has 1 aromatic heterocycles. The van der Waals surface area contributed by atoms with Gasteiger partial charge in [-0.15, -0.1) is 0 Å². The van der Waals surface area contributed by atoms with Crippen LogP contribution < -0.4 is 22.5 Å². The zero-order chi connectivity index (χ0) is 31.8. The molecule has 3 aromatic rings. The minimum atomic E-state index is -3.75. The number of esters is 1. The summed E-state index contributed by atoms with van der Waals surface area (Å²) in [6.07, 6.45) is 5.03. The first-order chi connectivity index (χ1) is 20.8. The van der Waals surface area contributed by atoms with Gasteiger partial charge in [0.15, 0.2) is 0 Å². The number of unbranched alkanes of at least 4 members (excludes halogenated alkanes) is 1. The Hall–Kier alpha value is -3.48. The van der Waals surface area contributed by atoms with E-state index in [4.69, 9.17) is 21.9 Å². The predicted molar refractivity (Wildman–Crippen MR) is 169 cm³/mol. The van der Waals surface area contributed by atoms with E-state index < -0.39 is 39.2 Å². The van der Waals surface area contributed by atoms with Gasteiger partial charge >= 0.3 is 5.97 Å². The second-order valence-electron chi connectivity index (χ2n) is 12.9. The van der Waals surface area contributed by atoms with E-state index in [1.165, 1.54) is 16.1 Å². The van der Waals surface area contributed by atoms with Crippen LogP contribution in [0.15, 0.2) is 36.4 Å². The third-order valence-electron chi connectivity index (χ3n) is 8.64. The Balaban J connectivity index is 1.41. The number of aromatic nitrogens is 1. The van der Waals surface area contributed by atoms with E-state index in [1.807, 2.05) is 19.9 Å². The van der Waals surface area contributed by atoms with Crippen molar-refractivity contribution in [3.8, 4) is 11.1 Å². The lowest BCUT2D eigenvalue weighted by molar-refractivity contribution is -0.152. The highest BCUT2D eigenvalue weighted by molar-refractivity contribution is 7.90. The lowest BCUT2D eigenvalue weighted by Crippen LogP contribution is -2.37. The van der Waals surface area contributed by atoms with Gasteiger partial charge in [-0.25, -0.2) is 16.8 Å². The Morgan fingerprint density at radius 2 is 1.84 bits per heavy atom. The Kier molecular flexibility index (Phi) is 9.06. The summed E-state index contributed by atoms with van der Waals surface area (Å²) < 4.78 is 48.2. The molecule has 12 heteroatoms. The fraction of sp³-hybridized carbons (Fsp3) is 0.500. The molecule has 1 saturated carbocycles. The second-order valence-corrected chi connectivity index (χ2v) is 14.7. The lowest BCUT2D eigenvalue weighted by Gasteiger charge is -2.32. The monoisotopic (exact) mass is 627 g/mol. The normalized spacial score (nSPS) is 21.4. The molecular weight excluding hydrogens is 585 g/mol. The topological polar surface area (TPSA) is 173 Å². The van der Waals surface area contributed by atoms with Gasteiger partial charge in [-0.2, -0.15) is 0 Å². The maximum atomic E-state index is 14.4. The number of rotatable bonds is 10. The highest BCUT2D eigenvalue weighted by atomic mass is 32.2. The molecule has 1 aliphatic carbocycles. The van der Waals surface area contributed by atoms with Gasteiger partial charge in [0.1, 0.15) is 18.0 Å². The summed E-state index contributed by atoms with van der Waals surface area (Å²) in [5.74, 6) is -1.57. The first kappa shape index (κ1) is 31.9. The van der Waals surface area contributed by atoms with Crippen molar-refractivity contribution in [2.24, 2.45) is 22.6 Å². The van der Waals surface area contributed by atoms with Crippen LogP contribution in [0.4, 0.5) is 10.1 Å². The van der Waals surface area contributed by atoms with Crippen molar-refractivity contribution in [3.05, 3.63) is 53.5 Å². The quantitative estimate of drug-likeness (QED) is 0.193. The van der Waals surface area contributed by atoms with E-state index >= 15 is 0 Å². The largest absolute Gasteiger partial charge is 0.461 e. The maximum Gasteiger partial charge on any atom is 0.323 e. The van der Waals surface area contributed by atoms with Gasteiger partial charge in [-0.3, -0.25) is 9.59 Å². The molecular formula is C32H42FN5O5S. The van der Waals surface area contributed by atoms with E-state index in [0.717, 1.165) is 12.8 Å². The van der Waals surface area contributed by atoms with Crippen molar-refractivity contribution >= 4 is 38.5 Å². The van der Waals surface area contributed by atoms with Crippen LogP contribution in [-0.2, 0) is 26.0 Å². The van der Waals surface area contributed by atoms with Gasteiger partial charge in [0, 0.05) is 28.4 Å². The summed E-state index contributed by atoms with van der Waals surface area (Å²) in [6, 6.07) is 8.73. The molecule has 44 heavy (non-hydrogen) atoms. The first-order valence-corrected chi connectivity index (χ1v) is 16.8. The Morgan fingerprint density at radius 3 is 2.52 bits per heavy atom. The van der Waals surface area contributed by atoms with Crippen molar-refractivity contribution in [2.45, 2.75) is 83.4 Å². The fourth-order valence-corrected chi connectivity index (χ4v) is 8.77. The van der Waals surface area contributed by atoms with Gasteiger partial charge in [0.2, 0.25) is 10.0 Å². The molecule has 238 valence electrons. The third kappa shape index (κ3) is 6.62. The molecule has 0 unspecified atom stereocenters. The van der Waals surface area contributed by atoms with Gasteiger partial charge in [0.05, 0.1) is 16.8 Å². The van der Waals surface area contributed by atoms with Crippen molar-refractivity contribution in [1.29, 1.82) is 0 Å². The SMILES string of the molecule is CC1(C)Cc2c(-c3ccc(C(N)=O)c(NC4CCC(OC(=O)[C@@H](N)CCCCN)CC4)c3)c3ccc(F)cc3n2S(=O)(=O)C1. The number of fused-ring (bicyclic) bond motifs is 3. The van der Waals surface area contributed by atoms with E-state index in [9.17, 15) is 22.4 Å². The highest BCUT2D eigenvalue weighted by Gasteiger charge is 2.39. The number of nitrogens with zero attached hydrogens (tertiary/aromatic N) is 1. The highest BCUT2D eigenvalue weighted by Crippen LogP contribution is 2.44. The Morgan fingerprint density at radius 1 is 1.11 bits per heavy atom. The molecule has 2 heterocycles. The lowest BCUT2D eigenvalue weighted by atomic mass is 9.87. The van der Waals surface area contributed by atoms with Crippen LogP contribution in [0.5, 0.6) is 0 Å². The summed E-state index contributed by atoms with van der Waals surface area (Å²) in [7, 11) is -3.75. The van der Waals surface area contributed by atoms with Crippen LogP contribution in [-0.4, -0.2) is 54.8 Å². The summed E-state index contributed by atoms with van der Waals surface area (Å²) in [5, 5.41) is 4.09. The number of anilines is 1. The fourth-order valence-electron chi connectivity index (χ4n) is 6.61. The number of amides is 1. The van der Waals surface area contributed by atoms with Gasteiger partial charge in [-0.1, -0.05) is 26.3 Å². The number of carbonyl (C=O) groups excluding carboxylic acids is 2. The smallest absolute Gasteiger partial charge is 0.323 e. The molecule has 10 nitrogen and oxygen atoms in total. The van der Waals surface area contributed by atoms with Crippen molar-refractivity contribution in [2.75, 3.05) is 17.6 Å². The zero-order valence-electron chi connectivity index (χ0n) is 25.3. The molecule has 2 aliphatic rings. The first-order valence-electron chi connectivity index (χ1n) is 15.2. The number of hydrogen-bond acceptors (Lipinski definition) is 8. The molecule has 5 rings (SSSR count). The summed E-state index contributed by atoms with van der Waals surface area (Å²) >= 11 is 0. The molecule has 0 spiro atoms. The van der Waals surface area contributed by atoms with Crippen LogP contribution in [0.2, 0.25) is 0 Å². The summed E-state index contributed by atoms with van der Waals surface area (Å²) in [5.41, 5.74) is 19.8. The minimum Gasteiger partial charge on any atom is -0.461 e. The van der Waals surface area contributed by atoms with Crippen LogP contribution in [0.3, 0.4) is 0 Å². The average Bonchev–Trinajstić information content (AvgIpc) is 3.26. The molecule has 1 atom stereocenters. The summed E-state index contributed by atoms with van der Waals surface area (Å²) in [6.45, 7) is 4.37. The van der Waals surface area contributed by atoms with Crippen molar-refractivity contribution in [1.82, 2.24) is 3.97 Å². The maximum absolute atomic E-state index is 14.4. The van der Waals surface area contributed by atoms with Gasteiger partial charge in [-0.05, 0) is 92.8 Å². The standard InChI is InChI=1S/C32H42FN5O5S/c1-32(2)17-28-29(24-13-7-20(33)16-27(24)38(28)44(41,42)18-32)19-6-12-23(30(36)39)26(15-19)37-21-8-10-22(11-9-21)43-31(40)25(35)5-3-4-14-34/h6-7,12-13,15-16,21-22,25,37H,3-5,8-11,14,17-18,34-35H2,1-2H3,(H2,36,39)/t21?,22?,25-/m0/s1. The van der Waals surface area contributed by atoms with Crippen molar-refractivity contribution in [3.63, 3.8) is 0 Å². The average molecular weight is 628 g/mol. The molecule has 2 aromatic carbocycles. The number of hydrogen-bond donors (Lipinski definition) is 4. The number of nitrogens with two attached hydrogens (primary N) is 3. The van der Waals surface area contributed by atoms with Crippen molar-refractivity contribution < 1.29 is 27.1 Å². The third-order valence-corrected chi connectivity index (χ3v) is 10.8. The van der Waals surface area contributed by atoms with Gasteiger partial charge in [0.25, 0.3) is 5.91 Å². The van der Waals surface area contributed by atoms with Crippen LogP contribution in [0.25, 0.3) is 22.0 Å². The van der Waals surface area contributed by atoms with Crippen LogP contribution in [0.1, 0.15) is 74.8 Å².